The van der Waals surface area contributed by atoms with Crippen molar-refractivity contribution in [3.8, 4) is 17.6 Å². The first-order valence-corrected chi connectivity index (χ1v) is 10.3. The third-order valence-electron chi connectivity index (χ3n) is 4.06. The SMILES string of the molecule is N#Cc1ccccc1COc1ccc(/C=N\NC(=O)c2cc(Br)ccc2O)cc1Br. The Kier molecular flexibility index (Phi) is 7.22. The van der Waals surface area contributed by atoms with Crippen molar-refractivity contribution in [1.29, 1.82) is 5.26 Å². The van der Waals surface area contributed by atoms with E-state index in [1.54, 1.807) is 30.3 Å². The molecule has 0 radical (unpaired) electrons. The van der Waals surface area contributed by atoms with Crippen molar-refractivity contribution in [1.82, 2.24) is 5.43 Å². The lowest BCUT2D eigenvalue weighted by Gasteiger charge is -2.10. The molecule has 0 spiro atoms. The number of nitriles is 1. The number of halogens is 2. The van der Waals surface area contributed by atoms with Crippen LogP contribution < -0.4 is 10.2 Å². The molecule has 3 rings (SSSR count). The zero-order valence-corrected chi connectivity index (χ0v) is 18.6. The second-order valence-corrected chi connectivity index (χ2v) is 7.88. The number of aromatic hydroxyl groups is 1. The average molecular weight is 529 g/mol. The fourth-order valence-corrected chi connectivity index (χ4v) is 3.41. The number of ether oxygens (including phenoxy) is 1. The number of nitrogens with zero attached hydrogens (tertiary/aromatic N) is 2. The molecule has 6 nitrogen and oxygen atoms in total. The summed E-state index contributed by atoms with van der Waals surface area (Å²) in [6.45, 7) is 0.266. The summed E-state index contributed by atoms with van der Waals surface area (Å²) in [5.74, 6) is -0.0451. The van der Waals surface area contributed by atoms with Gasteiger partial charge in [-0.15, -0.1) is 0 Å². The highest BCUT2D eigenvalue weighted by molar-refractivity contribution is 9.10. The molecule has 0 heterocycles. The zero-order chi connectivity index (χ0) is 21.5. The Bertz CT molecular complexity index is 1160. The van der Waals surface area contributed by atoms with Gasteiger partial charge in [-0.25, -0.2) is 5.43 Å². The van der Waals surface area contributed by atoms with Gasteiger partial charge in [-0.3, -0.25) is 4.79 Å². The highest BCUT2D eigenvalue weighted by atomic mass is 79.9. The Labute approximate surface area is 190 Å². The molecule has 150 valence electrons. The Morgan fingerprint density at radius 3 is 2.73 bits per heavy atom. The average Bonchev–Trinajstić information content (AvgIpc) is 2.75. The minimum atomic E-state index is -0.528. The molecule has 2 N–H and O–H groups in total. The van der Waals surface area contributed by atoms with Crippen LogP contribution in [0.25, 0.3) is 0 Å². The third-order valence-corrected chi connectivity index (χ3v) is 5.17. The highest BCUT2D eigenvalue weighted by Gasteiger charge is 2.11. The van der Waals surface area contributed by atoms with E-state index >= 15 is 0 Å². The van der Waals surface area contributed by atoms with Gasteiger partial charge >= 0.3 is 0 Å². The first-order valence-electron chi connectivity index (χ1n) is 8.70. The maximum atomic E-state index is 12.1. The number of hydrogen-bond acceptors (Lipinski definition) is 5. The second-order valence-electron chi connectivity index (χ2n) is 6.11. The van der Waals surface area contributed by atoms with Crippen LogP contribution in [-0.4, -0.2) is 17.2 Å². The van der Waals surface area contributed by atoms with Gasteiger partial charge in [0.2, 0.25) is 0 Å². The Morgan fingerprint density at radius 2 is 1.97 bits per heavy atom. The van der Waals surface area contributed by atoms with Crippen LogP contribution in [0.15, 0.2) is 74.7 Å². The lowest BCUT2D eigenvalue weighted by Crippen LogP contribution is -2.17. The summed E-state index contributed by atoms with van der Waals surface area (Å²) in [5.41, 5.74) is 4.60. The molecule has 8 heteroatoms. The van der Waals surface area contributed by atoms with E-state index in [4.69, 9.17) is 10.00 Å². The molecule has 0 unspecified atom stereocenters. The Morgan fingerprint density at radius 1 is 1.17 bits per heavy atom. The fourth-order valence-electron chi connectivity index (χ4n) is 2.54. The fraction of sp³-hybridized carbons (Fsp3) is 0.0455. The normalized spacial score (nSPS) is 10.6. The van der Waals surface area contributed by atoms with Gasteiger partial charge < -0.3 is 9.84 Å². The first kappa shape index (κ1) is 21.6. The molecule has 0 aromatic heterocycles. The Balaban J connectivity index is 1.63. The summed E-state index contributed by atoms with van der Waals surface area (Å²) >= 11 is 6.71. The van der Waals surface area contributed by atoms with Crippen LogP contribution in [0, 0.1) is 11.3 Å². The topological polar surface area (TPSA) is 94.7 Å². The van der Waals surface area contributed by atoms with Gasteiger partial charge in [0.05, 0.1) is 27.9 Å². The van der Waals surface area contributed by atoms with Crippen molar-refractivity contribution in [3.05, 3.63) is 91.9 Å². The van der Waals surface area contributed by atoms with Crippen molar-refractivity contribution < 1.29 is 14.6 Å². The van der Waals surface area contributed by atoms with E-state index < -0.39 is 5.91 Å². The summed E-state index contributed by atoms with van der Waals surface area (Å²) in [6, 6.07) is 19.3. The smallest absolute Gasteiger partial charge is 0.275 e. The molecule has 3 aromatic carbocycles. The quantitative estimate of drug-likeness (QED) is 0.342. The molecule has 3 aromatic rings. The number of hydrazone groups is 1. The van der Waals surface area contributed by atoms with Crippen LogP contribution in [-0.2, 0) is 6.61 Å². The predicted octanol–water partition coefficient (Wildman–Crippen LogP) is 5.13. The molecular formula is C22H15Br2N3O3. The number of hydrogen-bond donors (Lipinski definition) is 2. The molecule has 0 aliphatic heterocycles. The van der Waals surface area contributed by atoms with Crippen LogP contribution in [0.2, 0.25) is 0 Å². The molecular weight excluding hydrogens is 514 g/mol. The van der Waals surface area contributed by atoms with Gasteiger partial charge in [0, 0.05) is 10.0 Å². The van der Waals surface area contributed by atoms with Gasteiger partial charge in [-0.05, 0) is 64.0 Å². The largest absolute Gasteiger partial charge is 0.507 e. The van der Waals surface area contributed by atoms with Crippen LogP contribution in [0.4, 0.5) is 0 Å². The van der Waals surface area contributed by atoms with E-state index in [0.29, 0.717) is 20.3 Å². The highest BCUT2D eigenvalue weighted by Crippen LogP contribution is 2.27. The summed E-state index contributed by atoms with van der Waals surface area (Å²) in [6.07, 6.45) is 1.48. The van der Waals surface area contributed by atoms with Crippen LogP contribution in [0.1, 0.15) is 27.0 Å². The summed E-state index contributed by atoms with van der Waals surface area (Å²) in [5, 5.41) is 22.9. The number of benzene rings is 3. The van der Waals surface area contributed by atoms with E-state index in [-0.39, 0.29) is 17.9 Å². The number of rotatable bonds is 6. The first-order chi connectivity index (χ1) is 14.5. The molecule has 0 saturated heterocycles. The van der Waals surface area contributed by atoms with Crippen LogP contribution >= 0.6 is 31.9 Å². The molecule has 0 aliphatic carbocycles. The number of carbonyl (C=O) groups excluding carboxylic acids is 1. The lowest BCUT2D eigenvalue weighted by atomic mass is 10.1. The number of amides is 1. The molecule has 1 amide bonds. The minimum Gasteiger partial charge on any atom is -0.507 e. The number of carbonyl (C=O) groups is 1. The van der Waals surface area contributed by atoms with E-state index in [9.17, 15) is 9.90 Å². The maximum Gasteiger partial charge on any atom is 0.275 e. The summed E-state index contributed by atoms with van der Waals surface area (Å²) in [7, 11) is 0. The van der Waals surface area contributed by atoms with Crippen molar-refractivity contribution >= 4 is 44.0 Å². The van der Waals surface area contributed by atoms with E-state index in [1.165, 1.54) is 18.3 Å². The molecule has 0 saturated carbocycles. The van der Waals surface area contributed by atoms with E-state index in [1.807, 2.05) is 18.2 Å². The number of nitrogens with one attached hydrogen (secondary N) is 1. The molecule has 30 heavy (non-hydrogen) atoms. The molecule has 0 atom stereocenters. The second kappa shape index (κ2) is 10.1. The van der Waals surface area contributed by atoms with Crippen LogP contribution in [0.3, 0.4) is 0 Å². The lowest BCUT2D eigenvalue weighted by molar-refractivity contribution is 0.0952. The molecule has 0 bridgehead atoms. The van der Waals surface area contributed by atoms with Gasteiger partial charge in [0.15, 0.2) is 0 Å². The van der Waals surface area contributed by atoms with Crippen molar-refractivity contribution in [2.24, 2.45) is 5.10 Å². The van der Waals surface area contributed by atoms with Crippen molar-refractivity contribution in [2.75, 3.05) is 0 Å². The van der Waals surface area contributed by atoms with Gasteiger partial charge in [0.1, 0.15) is 18.1 Å². The third kappa shape index (κ3) is 5.47. The zero-order valence-electron chi connectivity index (χ0n) is 15.5. The van der Waals surface area contributed by atoms with Gasteiger partial charge in [0.25, 0.3) is 5.91 Å². The predicted molar refractivity (Wildman–Crippen MR) is 120 cm³/mol. The van der Waals surface area contributed by atoms with Gasteiger partial charge in [-0.2, -0.15) is 10.4 Å². The summed E-state index contributed by atoms with van der Waals surface area (Å²) in [4.78, 5) is 12.1. The number of phenolic OH excluding ortho intramolecular Hbond substituents is 1. The standard InChI is InChI=1S/C22H15Br2N3O3/c23-17-6-7-20(28)18(10-17)22(29)27-26-12-14-5-8-21(19(24)9-14)30-13-16-4-2-1-3-15(16)11-25/h1-10,12,28H,13H2,(H,27,29)/b26-12-. The molecule has 0 fully saturated rings. The van der Waals surface area contributed by atoms with E-state index in [2.05, 4.69) is 48.5 Å². The Hall–Kier alpha value is -3.15. The number of phenols is 1. The van der Waals surface area contributed by atoms with Gasteiger partial charge in [-0.1, -0.05) is 34.1 Å². The van der Waals surface area contributed by atoms with Crippen molar-refractivity contribution in [2.45, 2.75) is 6.61 Å². The molecule has 0 aliphatic rings. The summed E-state index contributed by atoms with van der Waals surface area (Å²) < 4.78 is 7.18. The van der Waals surface area contributed by atoms with Crippen LogP contribution in [0.5, 0.6) is 11.5 Å². The van der Waals surface area contributed by atoms with Crippen molar-refractivity contribution in [3.63, 3.8) is 0 Å². The van der Waals surface area contributed by atoms with E-state index in [0.717, 1.165) is 11.1 Å². The minimum absolute atomic E-state index is 0.115. The maximum absolute atomic E-state index is 12.1. The monoisotopic (exact) mass is 527 g/mol.